The van der Waals surface area contributed by atoms with Crippen LogP contribution >= 0.6 is 11.8 Å². The Balaban J connectivity index is 0.000000111. The van der Waals surface area contributed by atoms with Crippen molar-refractivity contribution in [1.29, 1.82) is 0 Å². The Labute approximate surface area is 624 Å². The summed E-state index contributed by atoms with van der Waals surface area (Å²) in [5, 5.41) is 7.96. The number of anilines is 6. The highest BCUT2D eigenvalue weighted by Crippen LogP contribution is 2.51. The maximum atomic E-state index is 2.41. The first-order valence-electron chi connectivity index (χ1n) is 37.2. The highest BCUT2D eigenvalue weighted by molar-refractivity contribution is 7.99. The summed E-state index contributed by atoms with van der Waals surface area (Å²) in [6.07, 6.45) is 0. The van der Waals surface area contributed by atoms with Crippen LogP contribution in [-0.4, -0.2) is 13.7 Å². The minimum Gasteiger partial charge on any atom is -0.338 e. The molecule has 0 fully saturated rings. The summed E-state index contributed by atoms with van der Waals surface area (Å²) in [6.45, 7) is 22.3. The van der Waals surface area contributed by atoms with Crippen LogP contribution in [0.15, 0.2) is 362 Å². The standard InChI is InChI=1S/C21H19NS.2C21H19N.C21H21N.C15H15N/c1-15(2)16-8-7-9-17(14-16)22-18-10-3-5-12-20(18)23-21-13-6-4-11-19(21)22;1-15(2)16-8-7-9-17(14-16)22-20-12-5-3-10-18(20)19-11-4-6-13-21(19)22;1-15(2)16-11-13-17(14-12-16)22-20-9-5-3-7-18(20)19-8-4-6-10-21(19)22;1-17(2)18-13-15-21(16-14-18)22(19-9-5-3-6-10-19)20-11-7-4-8-12-20;1-11(2)16-14-9-5-3-7-12(14)13-8-4-6-10-15(13)16/h3-15H,1-2H3;2*3-15H,1-2H3;3-17H,1-2H3;3-11H,1-2H3. The highest BCUT2D eigenvalue weighted by atomic mass is 32.2. The second-order valence-electron chi connectivity index (χ2n) is 28.6. The Morgan fingerprint density at radius 2 is 0.543 bits per heavy atom. The van der Waals surface area contributed by atoms with Gasteiger partial charge in [0.2, 0.25) is 0 Å². The van der Waals surface area contributed by atoms with Crippen LogP contribution < -0.4 is 9.80 Å². The lowest BCUT2D eigenvalue weighted by molar-refractivity contribution is 0.642. The summed E-state index contributed by atoms with van der Waals surface area (Å²) in [7, 11) is 0. The monoisotopic (exact) mass is 1380 g/mol. The number of rotatable bonds is 11. The molecule has 4 heterocycles. The SMILES string of the molecule is CC(C)c1ccc(-n2c3ccccc3c3ccccc32)cc1.CC(C)c1ccc(N(c2ccccc2)c2ccccc2)cc1.CC(C)c1cccc(-n2c3ccccc3c3ccccc32)c1.CC(C)c1cccc(N2c3ccccc3Sc3ccccc32)c1.CC(C)n1c2ccccc2c2ccccc21. The molecular formula is C99H93N5S. The number of para-hydroxylation sites is 10. The van der Waals surface area contributed by atoms with E-state index in [9.17, 15) is 0 Å². The summed E-state index contributed by atoms with van der Waals surface area (Å²) in [4.78, 5) is 7.28. The highest BCUT2D eigenvalue weighted by Gasteiger charge is 2.25. The lowest BCUT2D eigenvalue weighted by Gasteiger charge is -2.33. The Hall–Kier alpha value is -11.6. The molecular weight excluding hydrogens is 1290 g/mol. The number of benzene rings is 14. The Morgan fingerprint density at radius 3 is 0.933 bits per heavy atom. The summed E-state index contributed by atoms with van der Waals surface area (Å²) >= 11 is 1.85. The van der Waals surface area contributed by atoms with E-state index >= 15 is 0 Å². The van der Waals surface area contributed by atoms with Gasteiger partial charge in [-0.2, -0.15) is 0 Å². The lowest BCUT2D eigenvalue weighted by Crippen LogP contribution is -2.14. The molecule has 5 nitrogen and oxygen atoms in total. The summed E-state index contributed by atoms with van der Waals surface area (Å²) in [5.74, 6) is 2.18. The van der Waals surface area contributed by atoms with Crippen molar-refractivity contribution in [2.75, 3.05) is 9.80 Å². The molecule has 1 aliphatic rings. The van der Waals surface area contributed by atoms with Crippen molar-refractivity contribution in [3.63, 3.8) is 0 Å². The fourth-order valence-electron chi connectivity index (χ4n) is 14.6. The van der Waals surface area contributed by atoms with Crippen molar-refractivity contribution < 1.29 is 0 Å². The van der Waals surface area contributed by atoms with Crippen LogP contribution in [0.25, 0.3) is 76.8 Å². The number of aromatic nitrogens is 3. The molecule has 0 atom stereocenters. The molecule has 520 valence electrons. The summed E-state index contributed by atoms with van der Waals surface area (Å²) in [5.41, 5.74) is 23.0. The minimum atomic E-state index is 0.491. The molecule has 3 aromatic heterocycles. The van der Waals surface area contributed by atoms with E-state index in [1.807, 2.05) is 11.8 Å². The number of fused-ring (bicyclic) bond motifs is 11. The van der Waals surface area contributed by atoms with E-state index in [2.05, 4.69) is 445 Å². The third-order valence-corrected chi connectivity index (χ3v) is 21.1. The van der Waals surface area contributed by atoms with Gasteiger partial charge in [-0.25, -0.2) is 0 Å². The zero-order chi connectivity index (χ0) is 72.5. The van der Waals surface area contributed by atoms with E-state index in [0.717, 1.165) is 0 Å². The molecule has 1 aliphatic heterocycles. The van der Waals surface area contributed by atoms with E-state index in [0.29, 0.717) is 29.7 Å². The number of nitrogens with zero attached hydrogens (tertiary/aromatic N) is 5. The Kier molecular flexibility index (Phi) is 21.5. The topological polar surface area (TPSA) is 21.3 Å². The van der Waals surface area contributed by atoms with E-state index in [1.54, 1.807) is 0 Å². The molecule has 0 aliphatic carbocycles. The van der Waals surface area contributed by atoms with E-state index in [4.69, 9.17) is 0 Å². The van der Waals surface area contributed by atoms with Gasteiger partial charge in [0.25, 0.3) is 0 Å². The minimum absolute atomic E-state index is 0.491. The van der Waals surface area contributed by atoms with Crippen LogP contribution in [0.5, 0.6) is 0 Å². The molecule has 0 bridgehead atoms. The lowest BCUT2D eigenvalue weighted by atomic mass is 10.0. The molecule has 17 aromatic rings. The van der Waals surface area contributed by atoms with Crippen LogP contribution in [0, 0.1) is 0 Å². The smallest absolute Gasteiger partial charge is 0.0601 e. The normalized spacial score (nSPS) is 11.7. The van der Waals surface area contributed by atoms with Crippen LogP contribution in [-0.2, 0) is 0 Å². The average Bonchev–Trinajstić information content (AvgIpc) is 1.73. The quantitative estimate of drug-likeness (QED) is 0.129. The molecule has 0 radical (unpaired) electrons. The fraction of sp³-hybridized carbons (Fsp3) is 0.152. The van der Waals surface area contributed by atoms with Gasteiger partial charge in [0, 0.05) is 93.3 Å². The molecule has 0 unspecified atom stereocenters. The predicted octanol–water partition coefficient (Wildman–Crippen LogP) is 29.2. The zero-order valence-corrected chi connectivity index (χ0v) is 62.8. The first kappa shape index (κ1) is 70.5. The van der Waals surface area contributed by atoms with Gasteiger partial charge in [0.15, 0.2) is 0 Å². The van der Waals surface area contributed by atoms with E-state index in [-0.39, 0.29) is 0 Å². The summed E-state index contributed by atoms with van der Waals surface area (Å²) < 4.78 is 7.13. The van der Waals surface area contributed by atoms with Crippen LogP contribution in [0.1, 0.15) is 121 Å². The second kappa shape index (κ2) is 32.0. The first-order chi connectivity index (χ1) is 51.3. The number of hydrogen-bond acceptors (Lipinski definition) is 3. The summed E-state index contributed by atoms with van der Waals surface area (Å²) in [6, 6.07) is 126. The number of hydrogen-bond donors (Lipinski definition) is 0. The third-order valence-electron chi connectivity index (χ3n) is 20.0. The van der Waals surface area contributed by atoms with Crippen LogP contribution in [0.4, 0.5) is 34.1 Å². The first-order valence-corrected chi connectivity index (χ1v) is 38.0. The van der Waals surface area contributed by atoms with Crippen molar-refractivity contribution in [2.45, 2.75) is 109 Å². The molecule has 0 saturated heterocycles. The van der Waals surface area contributed by atoms with Gasteiger partial charge in [-0.05, 0) is 193 Å². The predicted molar refractivity (Wildman–Crippen MR) is 454 cm³/mol. The van der Waals surface area contributed by atoms with Gasteiger partial charge in [0.1, 0.15) is 0 Å². The Morgan fingerprint density at radius 1 is 0.238 bits per heavy atom. The molecule has 0 saturated carbocycles. The van der Waals surface area contributed by atoms with Gasteiger partial charge in [-0.1, -0.05) is 286 Å². The maximum Gasteiger partial charge on any atom is 0.0601 e. The fourth-order valence-corrected chi connectivity index (χ4v) is 15.6. The van der Waals surface area contributed by atoms with Gasteiger partial charge in [0.05, 0.1) is 33.4 Å². The van der Waals surface area contributed by atoms with Gasteiger partial charge >= 0.3 is 0 Å². The largest absolute Gasteiger partial charge is 0.338 e. The van der Waals surface area contributed by atoms with Crippen molar-refractivity contribution >= 4 is 111 Å². The molecule has 0 N–H and O–H groups in total. The van der Waals surface area contributed by atoms with Crippen molar-refractivity contribution in [3.8, 4) is 11.4 Å². The third kappa shape index (κ3) is 15.0. The molecule has 0 spiro atoms. The van der Waals surface area contributed by atoms with Gasteiger partial charge in [-0.15, -0.1) is 0 Å². The second-order valence-corrected chi connectivity index (χ2v) is 29.7. The van der Waals surface area contributed by atoms with Crippen molar-refractivity contribution in [3.05, 3.63) is 374 Å². The zero-order valence-electron chi connectivity index (χ0n) is 62.0. The molecule has 0 amide bonds. The van der Waals surface area contributed by atoms with Crippen LogP contribution in [0.2, 0.25) is 0 Å². The average molecular weight is 1380 g/mol. The van der Waals surface area contributed by atoms with Crippen LogP contribution in [0.3, 0.4) is 0 Å². The Bertz CT molecular complexity index is 5510. The van der Waals surface area contributed by atoms with Gasteiger partial charge < -0.3 is 23.5 Å². The maximum absolute atomic E-state index is 2.41. The molecule has 6 heteroatoms. The van der Waals surface area contributed by atoms with Gasteiger partial charge in [-0.3, -0.25) is 0 Å². The molecule has 105 heavy (non-hydrogen) atoms. The van der Waals surface area contributed by atoms with Crippen molar-refractivity contribution in [2.24, 2.45) is 0 Å². The molecule has 14 aromatic carbocycles. The van der Waals surface area contributed by atoms with Crippen molar-refractivity contribution in [1.82, 2.24) is 13.7 Å². The van der Waals surface area contributed by atoms with E-state index < -0.39 is 0 Å². The molecule has 18 rings (SSSR count). The van der Waals surface area contributed by atoms with E-state index in [1.165, 1.54) is 143 Å².